The highest BCUT2D eigenvalue weighted by atomic mass is 16.5. The largest absolute Gasteiger partial charge is 0.508 e. The van der Waals surface area contributed by atoms with Crippen LogP contribution in [0.15, 0.2) is 127 Å². The van der Waals surface area contributed by atoms with Crippen LogP contribution in [0.4, 0.5) is 0 Å². The lowest BCUT2D eigenvalue weighted by Crippen LogP contribution is -2.37. The van der Waals surface area contributed by atoms with Gasteiger partial charge in [-0.15, -0.1) is 0 Å². The standard InChI is InChI=1S/C35H27NO2/c1-38-27-19-16-23(17-20-27)32-29-22-26(37)18-21-30(29)35(24-10-4-2-5-11-24,25-12-6-3-7-13-25)34-33(32)28-14-8-9-15-31(28)36-34/h2-22,32,36-37H,1H3. The number of ether oxygens (including phenoxy) is 1. The SMILES string of the molecule is COc1ccc(C2c3cc(O)ccc3C(c3ccccc3)(c3ccccc3)c3[nH]c4ccccc4c32)cc1. The molecule has 2 N–H and O–H groups in total. The van der Waals surface area contributed by atoms with E-state index < -0.39 is 5.41 Å². The van der Waals surface area contributed by atoms with Gasteiger partial charge in [-0.2, -0.15) is 0 Å². The average Bonchev–Trinajstić information content (AvgIpc) is 3.36. The van der Waals surface area contributed by atoms with Crippen molar-refractivity contribution in [1.82, 2.24) is 4.98 Å². The van der Waals surface area contributed by atoms with Crippen molar-refractivity contribution in [1.29, 1.82) is 0 Å². The Hall–Kier alpha value is -4.76. The third-order valence-corrected chi connectivity index (χ3v) is 8.02. The summed E-state index contributed by atoms with van der Waals surface area (Å²) in [6.45, 7) is 0. The second-order valence-electron chi connectivity index (χ2n) is 9.92. The lowest BCUT2D eigenvalue weighted by atomic mass is 9.59. The first kappa shape index (κ1) is 22.4. The van der Waals surface area contributed by atoms with Crippen LogP contribution in [0, 0.1) is 0 Å². The van der Waals surface area contributed by atoms with E-state index >= 15 is 0 Å². The van der Waals surface area contributed by atoms with Crippen LogP contribution in [0.1, 0.15) is 45.0 Å². The van der Waals surface area contributed by atoms with Crippen molar-refractivity contribution >= 4 is 10.9 Å². The molecular weight excluding hydrogens is 466 g/mol. The Bertz CT molecular complexity index is 1710. The van der Waals surface area contributed by atoms with Gasteiger partial charge in [0, 0.05) is 22.5 Å². The first-order valence-electron chi connectivity index (χ1n) is 12.9. The summed E-state index contributed by atoms with van der Waals surface area (Å²) >= 11 is 0. The highest BCUT2D eigenvalue weighted by Gasteiger charge is 2.48. The summed E-state index contributed by atoms with van der Waals surface area (Å²) in [5.74, 6) is 1.01. The predicted octanol–water partition coefficient (Wildman–Crippen LogP) is 7.76. The van der Waals surface area contributed by atoms with Crippen LogP contribution in [0.3, 0.4) is 0 Å². The molecule has 0 amide bonds. The Morgan fingerprint density at radius 3 is 2.00 bits per heavy atom. The van der Waals surface area contributed by atoms with Gasteiger partial charge in [-0.3, -0.25) is 0 Å². The van der Waals surface area contributed by atoms with E-state index in [0.717, 1.165) is 33.7 Å². The number of rotatable bonds is 4. The van der Waals surface area contributed by atoms with Gasteiger partial charge in [0.2, 0.25) is 0 Å². The van der Waals surface area contributed by atoms with Crippen LogP contribution in [0.5, 0.6) is 11.5 Å². The molecule has 0 aliphatic heterocycles. The smallest absolute Gasteiger partial charge is 0.118 e. The molecular formula is C35H27NO2. The average molecular weight is 494 g/mol. The van der Waals surface area contributed by atoms with E-state index in [0.29, 0.717) is 0 Å². The Balaban J connectivity index is 1.67. The summed E-state index contributed by atoms with van der Waals surface area (Å²) in [4.78, 5) is 3.89. The van der Waals surface area contributed by atoms with Gasteiger partial charge in [0.05, 0.1) is 12.5 Å². The summed E-state index contributed by atoms with van der Waals surface area (Å²) in [5, 5.41) is 12.0. The normalized spacial score (nSPS) is 15.6. The number of hydrogen-bond donors (Lipinski definition) is 2. The number of para-hydroxylation sites is 1. The fourth-order valence-electron chi connectivity index (χ4n) is 6.47. The van der Waals surface area contributed by atoms with Crippen LogP contribution in [-0.2, 0) is 5.41 Å². The second kappa shape index (κ2) is 8.67. The Morgan fingerprint density at radius 2 is 1.34 bits per heavy atom. The Morgan fingerprint density at radius 1 is 0.711 bits per heavy atom. The Kier molecular flexibility index (Phi) is 5.12. The molecule has 38 heavy (non-hydrogen) atoms. The number of aromatic hydroxyl groups is 1. The van der Waals surface area contributed by atoms with E-state index in [-0.39, 0.29) is 11.7 Å². The topological polar surface area (TPSA) is 45.2 Å². The lowest BCUT2D eigenvalue weighted by Gasteiger charge is -2.43. The van der Waals surface area contributed by atoms with Crippen molar-refractivity contribution in [2.24, 2.45) is 0 Å². The first-order valence-corrected chi connectivity index (χ1v) is 12.9. The molecule has 1 aromatic heterocycles. The van der Waals surface area contributed by atoms with E-state index in [9.17, 15) is 5.11 Å². The number of hydrogen-bond acceptors (Lipinski definition) is 2. The van der Waals surface area contributed by atoms with Crippen molar-refractivity contribution in [2.45, 2.75) is 11.3 Å². The fourth-order valence-corrected chi connectivity index (χ4v) is 6.47. The lowest BCUT2D eigenvalue weighted by molar-refractivity contribution is 0.414. The number of H-pyrrole nitrogens is 1. The molecule has 0 spiro atoms. The molecule has 3 heteroatoms. The first-order chi connectivity index (χ1) is 18.7. The van der Waals surface area contributed by atoms with Gasteiger partial charge in [-0.1, -0.05) is 97.1 Å². The molecule has 0 radical (unpaired) electrons. The number of benzene rings is 5. The summed E-state index contributed by atoms with van der Waals surface area (Å²) < 4.78 is 5.47. The van der Waals surface area contributed by atoms with E-state index in [2.05, 4.69) is 108 Å². The van der Waals surface area contributed by atoms with Gasteiger partial charge >= 0.3 is 0 Å². The third kappa shape index (κ3) is 3.15. The number of aromatic nitrogens is 1. The van der Waals surface area contributed by atoms with Crippen LogP contribution in [-0.4, -0.2) is 17.2 Å². The van der Waals surface area contributed by atoms with Gasteiger partial charge in [-0.05, 0) is 63.7 Å². The number of fused-ring (bicyclic) bond motifs is 4. The molecule has 3 nitrogen and oxygen atoms in total. The third-order valence-electron chi connectivity index (χ3n) is 8.02. The van der Waals surface area contributed by atoms with E-state index in [1.807, 2.05) is 24.3 Å². The zero-order valence-electron chi connectivity index (χ0n) is 21.1. The summed E-state index contributed by atoms with van der Waals surface area (Å²) in [6.07, 6.45) is 0. The minimum absolute atomic E-state index is 0.0743. The maximum atomic E-state index is 10.8. The minimum atomic E-state index is -0.594. The van der Waals surface area contributed by atoms with Crippen molar-refractivity contribution in [3.8, 4) is 11.5 Å². The van der Waals surface area contributed by atoms with Gasteiger partial charge < -0.3 is 14.8 Å². The van der Waals surface area contributed by atoms with E-state index in [1.165, 1.54) is 22.1 Å². The second-order valence-corrected chi connectivity index (χ2v) is 9.92. The number of aromatic amines is 1. The van der Waals surface area contributed by atoms with Crippen molar-refractivity contribution < 1.29 is 9.84 Å². The molecule has 6 aromatic rings. The molecule has 7 rings (SSSR count). The monoisotopic (exact) mass is 493 g/mol. The molecule has 1 aliphatic rings. The number of nitrogens with one attached hydrogen (secondary N) is 1. The van der Waals surface area contributed by atoms with Crippen molar-refractivity contribution in [3.63, 3.8) is 0 Å². The summed E-state index contributed by atoms with van der Waals surface area (Å²) in [5.41, 5.74) is 8.67. The van der Waals surface area contributed by atoms with Crippen molar-refractivity contribution in [2.75, 3.05) is 7.11 Å². The molecule has 1 aliphatic carbocycles. The van der Waals surface area contributed by atoms with Gasteiger partial charge in [0.25, 0.3) is 0 Å². The fraction of sp³-hybridized carbons (Fsp3) is 0.0857. The van der Waals surface area contributed by atoms with E-state index in [1.54, 1.807) is 7.11 Å². The number of methoxy groups -OCH3 is 1. The quantitative estimate of drug-likeness (QED) is 0.263. The molecule has 1 atom stereocenters. The maximum absolute atomic E-state index is 10.8. The number of phenolic OH excluding ortho intramolecular Hbond substituents is 1. The van der Waals surface area contributed by atoms with Crippen LogP contribution in [0.25, 0.3) is 10.9 Å². The minimum Gasteiger partial charge on any atom is -0.508 e. The van der Waals surface area contributed by atoms with Crippen molar-refractivity contribution in [3.05, 3.63) is 166 Å². The molecule has 184 valence electrons. The number of phenols is 1. The van der Waals surface area contributed by atoms with Gasteiger partial charge in [0.1, 0.15) is 11.5 Å². The van der Waals surface area contributed by atoms with Crippen LogP contribution < -0.4 is 4.74 Å². The Labute approximate surface area is 222 Å². The predicted molar refractivity (Wildman–Crippen MR) is 152 cm³/mol. The molecule has 1 unspecified atom stereocenters. The zero-order chi connectivity index (χ0) is 25.7. The van der Waals surface area contributed by atoms with E-state index in [4.69, 9.17) is 4.74 Å². The van der Waals surface area contributed by atoms with Crippen LogP contribution >= 0.6 is 0 Å². The highest BCUT2D eigenvalue weighted by Crippen LogP contribution is 2.57. The molecule has 0 saturated heterocycles. The highest BCUT2D eigenvalue weighted by molar-refractivity contribution is 5.90. The van der Waals surface area contributed by atoms with Gasteiger partial charge in [0.15, 0.2) is 0 Å². The molecule has 5 aromatic carbocycles. The van der Waals surface area contributed by atoms with Gasteiger partial charge in [-0.25, -0.2) is 0 Å². The maximum Gasteiger partial charge on any atom is 0.118 e. The molecule has 0 saturated carbocycles. The summed E-state index contributed by atoms with van der Waals surface area (Å²) in [7, 11) is 1.69. The summed E-state index contributed by atoms with van der Waals surface area (Å²) in [6, 6.07) is 44.2. The van der Waals surface area contributed by atoms with Crippen LogP contribution in [0.2, 0.25) is 0 Å². The zero-order valence-corrected chi connectivity index (χ0v) is 21.1. The molecule has 0 fully saturated rings. The molecule has 0 bridgehead atoms. The molecule has 1 heterocycles.